The van der Waals surface area contributed by atoms with Crippen molar-refractivity contribution in [1.29, 1.82) is 0 Å². The van der Waals surface area contributed by atoms with Crippen LogP contribution < -0.4 is 5.63 Å². The number of carbonyl (C=O) groups excluding carboxylic acids is 1. The van der Waals surface area contributed by atoms with E-state index in [2.05, 4.69) is 22.6 Å². The summed E-state index contributed by atoms with van der Waals surface area (Å²) in [4.78, 5) is 23.8. The number of carbonyl (C=O) groups is 1. The van der Waals surface area contributed by atoms with Gasteiger partial charge in [0.25, 0.3) is 0 Å². The standard InChI is InChI=1S/C16H11IO4/c1-2-20-15(18)9-3-6-14-12(7-9)11-5-4-10(17)8-13(11)16(19)21-14/h3-8H,2H2,1H3. The first-order valence-electron chi connectivity index (χ1n) is 6.43. The monoisotopic (exact) mass is 394 g/mol. The van der Waals surface area contributed by atoms with Gasteiger partial charge in [-0.3, -0.25) is 0 Å². The quantitative estimate of drug-likeness (QED) is 0.288. The van der Waals surface area contributed by atoms with Gasteiger partial charge >= 0.3 is 11.6 Å². The van der Waals surface area contributed by atoms with Crippen molar-refractivity contribution in [2.24, 2.45) is 0 Å². The highest BCUT2D eigenvalue weighted by atomic mass is 127. The Morgan fingerprint density at radius 1 is 1.14 bits per heavy atom. The van der Waals surface area contributed by atoms with Crippen LogP contribution in [0.2, 0.25) is 0 Å². The molecule has 0 N–H and O–H groups in total. The lowest BCUT2D eigenvalue weighted by Gasteiger charge is -2.06. The summed E-state index contributed by atoms with van der Waals surface area (Å²) in [5.41, 5.74) is 0.528. The van der Waals surface area contributed by atoms with Gasteiger partial charge in [-0.25, -0.2) is 9.59 Å². The Kier molecular flexibility index (Phi) is 3.67. The number of fused-ring (bicyclic) bond motifs is 3. The van der Waals surface area contributed by atoms with E-state index in [1.165, 1.54) is 0 Å². The Balaban J connectivity index is 2.33. The predicted octanol–water partition coefficient (Wildman–Crippen LogP) is 3.73. The molecule has 0 unspecified atom stereocenters. The summed E-state index contributed by atoms with van der Waals surface area (Å²) in [6, 6.07) is 10.5. The molecule has 0 bridgehead atoms. The Morgan fingerprint density at radius 2 is 1.95 bits per heavy atom. The second-order valence-corrected chi connectivity index (χ2v) is 5.76. The molecule has 4 nitrogen and oxygen atoms in total. The first-order chi connectivity index (χ1) is 10.1. The van der Waals surface area contributed by atoms with E-state index in [4.69, 9.17) is 9.15 Å². The number of ether oxygens (including phenoxy) is 1. The molecule has 3 rings (SSSR count). The lowest BCUT2D eigenvalue weighted by molar-refractivity contribution is 0.0526. The zero-order valence-corrected chi connectivity index (χ0v) is 13.3. The number of halogens is 1. The maximum absolute atomic E-state index is 12.0. The van der Waals surface area contributed by atoms with E-state index in [1.807, 2.05) is 12.1 Å². The molecule has 0 aliphatic carbocycles. The zero-order chi connectivity index (χ0) is 15.0. The van der Waals surface area contributed by atoms with Crippen molar-refractivity contribution >= 4 is 50.3 Å². The first kappa shape index (κ1) is 14.1. The third-order valence-electron chi connectivity index (χ3n) is 3.19. The van der Waals surface area contributed by atoms with Gasteiger partial charge in [0, 0.05) is 14.3 Å². The van der Waals surface area contributed by atoms with E-state index < -0.39 is 0 Å². The fourth-order valence-electron chi connectivity index (χ4n) is 2.25. The Hall–Kier alpha value is -1.89. The largest absolute Gasteiger partial charge is 0.462 e. The summed E-state index contributed by atoms with van der Waals surface area (Å²) in [6.45, 7) is 2.08. The van der Waals surface area contributed by atoms with Crippen LogP contribution in [0.15, 0.2) is 45.6 Å². The van der Waals surface area contributed by atoms with Crippen LogP contribution in [0.3, 0.4) is 0 Å². The van der Waals surface area contributed by atoms with Crippen molar-refractivity contribution < 1.29 is 13.9 Å². The van der Waals surface area contributed by atoms with Gasteiger partial charge < -0.3 is 9.15 Å². The van der Waals surface area contributed by atoms with E-state index in [0.717, 1.165) is 14.3 Å². The molecular weight excluding hydrogens is 383 g/mol. The van der Waals surface area contributed by atoms with Crippen LogP contribution in [0.1, 0.15) is 17.3 Å². The maximum atomic E-state index is 12.0. The van der Waals surface area contributed by atoms with Crippen LogP contribution in [0.4, 0.5) is 0 Å². The smallest absolute Gasteiger partial charge is 0.344 e. The molecule has 0 radical (unpaired) electrons. The second kappa shape index (κ2) is 5.48. The van der Waals surface area contributed by atoms with Crippen molar-refractivity contribution in [2.75, 3.05) is 6.61 Å². The van der Waals surface area contributed by atoms with Crippen molar-refractivity contribution in [3.63, 3.8) is 0 Å². The summed E-state index contributed by atoms with van der Waals surface area (Å²) in [5.74, 6) is -0.385. The normalized spacial score (nSPS) is 11.0. The molecule has 5 heteroatoms. The minimum absolute atomic E-state index is 0.319. The number of benzene rings is 2. The predicted molar refractivity (Wildman–Crippen MR) is 88.7 cm³/mol. The van der Waals surface area contributed by atoms with Crippen molar-refractivity contribution in [2.45, 2.75) is 6.92 Å². The highest BCUT2D eigenvalue weighted by Gasteiger charge is 2.12. The van der Waals surface area contributed by atoms with Crippen LogP contribution in [0.25, 0.3) is 21.7 Å². The lowest BCUT2D eigenvalue weighted by atomic mass is 10.1. The molecule has 0 fully saturated rings. The number of esters is 1. The first-order valence-corrected chi connectivity index (χ1v) is 7.51. The van der Waals surface area contributed by atoms with Crippen LogP contribution in [0.5, 0.6) is 0 Å². The van der Waals surface area contributed by atoms with Crippen molar-refractivity contribution in [3.8, 4) is 0 Å². The van der Waals surface area contributed by atoms with Gasteiger partial charge in [0.1, 0.15) is 5.58 Å². The molecule has 21 heavy (non-hydrogen) atoms. The molecule has 2 aromatic carbocycles. The fraction of sp³-hybridized carbons (Fsp3) is 0.125. The summed E-state index contributed by atoms with van der Waals surface area (Å²) >= 11 is 2.14. The number of hydrogen-bond acceptors (Lipinski definition) is 4. The van der Waals surface area contributed by atoms with E-state index in [1.54, 1.807) is 31.2 Å². The zero-order valence-electron chi connectivity index (χ0n) is 11.2. The molecular formula is C16H11IO4. The molecule has 1 heterocycles. The SMILES string of the molecule is CCOC(=O)c1ccc2oc(=O)c3cc(I)ccc3c2c1. The summed E-state index contributed by atoms with van der Waals surface area (Å²) in [5, 5.41) is 2.01. The van der Waals surface area contributed by atoms with Gasteiger partial charge in [-0.2, -0.15) is 0 Å². The topological polar surface area (TPSA) is 56.5 Å². The number of rotatable bonds is 2. The molecule has 0 amide bonds. The van der Waals surface area contributed by atoms with Crippen molar-refractivity contribution in [1.82, 2.24) is 0 Å². The van der Waals surface area contributed by atoms with E-state index in [0.29, 0.717) is 23.1 Å². The number of hydrogen-bond donors (Lipinski definition) is 0. The van der Waals surface area contributed by atoms with Gasteiger partial charge in [0.2, 0.25) is 0 Å². The average Bonchev–Trinajstić information content (AvgIpc) is 2.47. The Morgan fingerprint density at radius 3 is 2.71 bits per heavy atom. The summed E-state index contributed by atoms with van der Waals surface area (Å²) in [6.07, 6.45) is 0. The van der Waals surface area contributed by atoms with Gasteiger partial charge in [-0.1, -0.05) is 6.07 Å². The minimum atomic E-state index is -0.385. The van der Waals surface area contributed by atoms with Crippen LogP contribution in [-0.4, -0.2) is 12.6 Å². The Bertz CT molecular complexity index is 911. The molecule has 0 saturated heterocycles. The van der Waals surface area contributed by atoms with Crippen molar-refractivity contribution in [3.05, 3.63) is 56.0 Å². The summed E-state index contributed by atoms with van der Waals surface area (Å²) in [7, 11) is 0. The van der Waals surface area contributed by atoms with Gasteiger partial charge in [0.15, 0.2) is 0 Å². The Labute approximate surface area is 133 Å². The molecule has 106 valence electrons. The molecule has 1 aromatic heterocycles. The van der Waals surface area contributed by atoms with Crippen LogP contribution in [-0.2, 0) is 4.74 Å². The highest BCUT2D eigenvalue weighted by molar-refractivity contribution is 14.1. The van der Waals surface area contributed by atoms with Gasteiger partial charge in [-0.05, 0) is 59.8 Å². The molecule has 0 aliphatic rings. The molecule has 0 saturated carbocycles. The third kappa shape index (κ3) is 2.53. The highest BCUT2D eigenvalue weighted by Crippen LogP contribution is 2.25. The third-order valence-corrected chi connectivity index (χ3v) is 3.86. The summed E-state index contributed by atoms with van der Waals surface area (Å²) < 4.78 is 11.3. The van der Waals surface area contributed by atoms with Crippen LogP contribution >= 0.6 is 22.6 Å². The van der Waals surface area contributed by atoms with Crippen LogP contribution in [0, 0.1) is 3.57 Å². The molecule has 0 atom stereocenters. The van der Waals surface area contributed by atoms with E-state index in [-0.39, 0.29) is 11.6 Å². The lowest BCUT2D eigenvalue weighted by Crippen LogP contribution is -2.05. The minimum Gasteiger partial charge on any atom is -0.462 e. The van der Waals surface area contributed by atoms with E-state index >= 15 is 0 Å². The van der Waals surface area contributed by atoms with E-state index in [9.17, 15) is 9.59 Å². The molecule has 0 aliphatic heterocycles. The maximum Gasteiger partial charge on any atom is 0.344 e. The molecule has 0 spiro atoms. The average molecular weight is 394 g/mol. The molecule has 3 aromatic rings. The second-order valence-electron chi connectivity index (χ2n) is 4.51. The fourth-order valence-corrected chi connectivity index (χ4v) is 2.74. The van der Waals surface area contributed by atoms with Gasteiger partial charge in [0.05, 0.1) is 17.6 Å². The van der Waals surface area contributed by atoms with Gasteiger partial charge in [-0.15, -0.1) is 0 Å².